The highest BCUT2D eigenvalue weighted by Gasteiger charge is 2.23. The molecule has 0 unspecified atom stereocenters. The molecular weight excluding hydrogens is 530 g/mol. The fourth-order valence-corrected chi connectivity index (χ4v) is 4.29. The van der Waals surface area contributed by atoms with Gasteiger partial charge in [-0.15, -0.1) is 15.3 Å². The van der Waals surface area contributed by atoms with E-state index in [9.17, 15) is 18.4 Å². The summed E-state index contributed by atoms with van der Waals surface area (Å²) in [7, 11) is 0. The van der Waals surface area contributed by atoms with Gasteiger partial charge in [0.2, 0.25) is 11.0 Å². The molecule has 2 N–H and O–H groups in total. The molecule has 0 fully saturated rings. The molecule has 2 amide bonds. The van der Waals surface area contributed by atoms with Crippen molar-refractivity contribution in [1.29, 1.82) is 0 Å². The van der Waals surface area contributed by atoms with Crippen LogP contribution in [0, 0.1) is 0 Å². The smallest absolute Gasteiger partial charge is 0.394 e. The molecule has 4 rings (SSSR count). The predicted molar refractivity (Wildman–Crippen MR) is 138 cm³/mol. The summed E-state index contributed by atoms with van der Waals surface area (Å²) in [4.78, 5) is 28.7. The van der Waals surface area contributed by atoms with Crippen LogP contribution in [0.1, 0.15) is 46.5 Å². The lowest BCUT2D eigenvalue weighted by Gasteiger charge is -2.13. The second kappa shape index (κ2) is 13.0. The highest BCUT2D eigenvalue weighted by molar-refractivity contribution is 7.15. The van der Waals surface area contributed by atoms with E-state index in [1.165, 1.54) is 23.5 Å². The Kier molecular flexibility index (Phi) is 9.20. The lowest BCUT2D eigenvalue weighted by Crippen LogP contribution is -2.23. The summed E-state index contributed by atoms with van der Waals surface area (Å²) in [6, 6.07) is 11.5. The molecule has 14 heteroatoms. The van der Waals surface area contributed by atoms with Crippen molar-refractivity contribution in [2.24, 2.45) is 0 Å². The van der Waals surface area contributed by atoms with Crippen LogP contribution >= 0.6 is 11.3 Å². The van der Waals surface area contributed by atoms with Gasteiger partial charge in [0.05, 0.1) is 12.6 Å². The molecule has 39 heavy (non-hydrogen) atoms. The van der Waals surface area contributed by atoms with Gasteiger partial charge in [0.15, 0.2) is 5.69 Å². The second-order valence-electron chi connectivity index (χ2n) is 8.61. The predicted octanol–water partition coefficient (Wildman–Crippen LogP) is 3.65. The van der Waals surface area contributed by atoms with Gasteiger partial charge in [-0.25, -0.2) is 0 Å². The van der Waals surface area contributed by atoms with E-state index in [-0.39, 0.29) is 30.3 Å². The number of alkyl halides is 2. The highest BCUT2D eigenvalue weighted by Crippen LogP contribution is 2.22. The second-order valence-corrected chi connectivity index (χ2v) is 9.67. The molecule has 0 spiro atoms. The summed E-state index contributed by atoms with van der Waals surface area (Å²) in [6.45, 7) is 1.33. The normalized spacial score (nSPS) is 11.3. The van der Waals surface area contributed by atoms with Gasteiger partial charge >= 0.3 is 6.11 Å². The molecule has 3 heterocycles. The van der Waals surface area contributed by atoms with Gasteiger partial charge in [-0.3, -0.25) is 19.3 Å². The maximum atomic E-state index is 13.0. The van der Waals surface area contributed by atoms with Crippen LogP contribution in [0.15, 0.2) is 54.9 Å². The number of amides is 2. The minimum absolute atomic E-state index is 0.00954. The van der Waals surface area contributed by atoms with Crippen LogP contribution in [0.2, 0.25) is 0 Å². The third-order valence-electron chi connectivity index (χ3n) is 5.23. The Balaban J connectivity index is 1.16. The number of pyridine rings is 1. The largest absolute Gasteiger partial charge is 0.433 e. The monoisotopic (exact) mass is 556 g/mol. The molecule has 0 radical (unpaired) electrons. The molecule has 1 aromatic carbocycles. The molecule has 0 saturated carbocycles. The van der Waals surface area contributed by atoms with Crippen LogP contribution in [-0.4, -0.2) is 48.1 Å². The number of nitrogens with zero attached hydrogens (tertiary/aromatic N) is 6. The fraction of sp³-hybridized carbons (Fsp3) is 0.320. The van der Waals surface area contributed by atoms with Crippen molar-refractivity contribution in [3.05, 3.63) is 76.8 Å². The number of anilines is 1. The highest BCUT2D eigenvalue weighted by atomic mass is 32.1. The van der Waals surface area contributed by atoms with Crippen molar-refractivity contribution in [3.63, 3.8) is 0 Å². The number of nitrogens with one attached hydrogen (secondary N) is 2. The van der Waals surface area contributed by atoms with Crippen LogP contribution < -0.4 is 15.4 Å². The number of rotatable bonds is 13. The molecule has 0 atom stereocenters. The van der Waals surface area contributed by atoms with E-state index >= 15 is 0 Å². The maximum absolute atomic E-state index is 13.0. The van der Waals surface area contributed by atoms with E-state index in [4.69, 9.17) is 0 Å². The number of unbranched alkanes of at least 4 members (excludes halogenated alkanes) is 1. The van der Waals surface area contributed by atoms with Crippen LogP contribution in [0.25, 0.3) is 0 Å². The van der Waals surface area contributed by atoms with Gasteiger partial charge in [-0.1, -0.05) is 34.7 Å². The lowest BCUT2D eigenvalue weighted by atomic mass is 10.2. The molecule has 0 aliphatic heterocycles. The molecular formula is C25H26F2N8O3S. The Labute approximate surface area is 226 Å². The molecule has 4 aromatic rings. The van der Waals surface area contributed by atoms with Crippen molar-refractivity contribution >= 4 is 28.3 Å². The lowest BCUT2D eigenvalue weighted by molar-refractivity contribution is -0.159. The zero-order valence-electron chi connectivity index (χ0n) is 21.0. The molecule has 3 aromatic heterocycles. The van der Waals surface area contributed by atoms with Gasteiger partial charge in [-0.05, 0) is 42.7 Å². The Morgan fingerprint density at radius 3 is 2.77 bits per heavy atom. The third-order valence-corrected chi connectivity index (χ3v) is 6.13. The number of aromatic nitrogens is 6. The Bertz CT molecular complexity index is 1390. The minimum Gasteiger partial charge on any atom is -0.433 e. The summed E-state index contributed by atoms with van der Waals surface area (Å²) in [5, 5.41) is 22.7. The minimum atomic E-state index is -3.29. The van der Waals surface area contributed by atoms with E-state index in [0.717, 1.165) is 17.8 Å². The van der Waals surface area contributed by atoms with Crippen LogP contribution in [0.4, 0.5) is 13.9 Å². The van der Waals surface area contributed by atoms with E-state index in [0.29, 0.717) is 36.3 Å². The van der Waals surface area contributed by atoms with Crippen LogP contribution in [-0.2, 0) is 30.7 Å². The van der Waals surface area contributed by atoms with E-state index in [1.807, 2.05) is 6.07 Å². The van der Waals surface area contributed by atoms with Crippen molar-refractivity contribution in [1.82, 2.24) is 35.5 Å². The first-order valence-electron chi connectivity index (χ1n) is 12.1. The molecule has 11 nitrogen and oxygen atoms in total. The zero-order chi connectivity index (χ0) is 27.7. The Morgan fingerprint density at radius 1 is 1.10 bits per heavy atom. The average molecular weight is 557 g/mol. The number of aryl methyl sites for hydroxylation is 2. The molecule has 0 saturated heterocycles. The summed E-state index contributed by atoms with van der Waals surface area (Å²) in [5.41, 5.74) is 1.43. The topological polar surface area (TPSA) is 137 Å². The first-order chi connectivity index (χ1) is 18.7. The zero-order valence-corrected chi connectivity index (χ0v) is 21.8. The van der Waals surface area contributed by atoms with Crippen molar-refractivity contribution in [2.75, 3.05) is 5.32 Å². The maximum Gasteiger partial charge on any atom is 0.394 e. The quantitative estimate of drug-likeness (QED) is 0.238. The Morgan fingerprint density at radius 2 is 1.97 bits per heavy atom. The van der Waals surface area contributed by atoms with Crippen LogP contribution in [0.5, 0.6) is 5.75 Å². The van der Waals surface area contributed by atoms with E-state index in [1.54, 1.807) is 41.3 Å². The number of ether oxygens (including phenoxy) is 1. The van der Waals surface area contributed by atoms with E-state index < -0.39 is 12.0 Å². The standard InChI is InChI=1S/C25H26F2N8O3S/c1-25(26,27)38-19-9-6-7-17(13-19)15-29-23(37)20-16-35(34-31-20)12-5-3-10-22-32-33-24(39-22)30-21(36)14-18-8-2-4-11-28-18/h2,4,6-9,11,13,16H,3,5,10,12,14-15H2,1H3,(H,29,37)(H,30,33,36). The number of benzene rings is 1. The number of hydrogen-bond acceptors (Lipinski definition) is 9. The number of hydrogen-bond donors (Lipinski definition) is 2. The van der Waals surface area contributed by atoms with Crippen LogP contribution in [0.3, 0.4) is 0 Å². The summed E-state index contributed by atoms with van der Waals surface area (Å²) in [6.07, 6.45) is 2.30. The summed E-state index contributed by atoms with van der Waals surface area (Å²) in [5.74, 6) is -0.624. The SMILES string of the molecule is CC(F)(F)Oc1cccc(CNC(=O)c2cn(CCCCc3nnc(NC(=O)Cc4ccccn4)s3)nn2)c1. The van der Waals surface area contributed by atoms with Crippen molar-refractivity contribution in [3.8, 4) is 5.75 Å². The average Bonchev–Trinajstić information content (AvgIpc) is 3.55. The Hall–Kier alpha value is -4.33. The van der Waals surface area contributed by atoms with Crippen molar-refractivity contribution < 1.29 is 23.1 Å². The van der Waals surface area contributed by atoms with Crippen molar-refractivity contribution in [2.45, 2.75) is 51.8 Å². The molecule has 0 aliphatic carbocycles. The number of halogens is 2. The van der Waals surface area contributed by atoms with Gasteiger partial charge in [0.25, 0.3) is 5.91 Å². The first-order valence-corrected chi connectivity index (χ1v) is 12.9. The fourth-order valence-electron chi connectivity index (χ4n) is 3.50. The molecule has 204 valence electrons. The van der Waals surface area contributed by atoms with Gasteiger partial charge in [-0.2, -0.15) is 8.78 Å². The van der Waals surface area contributed by atoms with Gasteiger partial charge in [0, 0.05) is 38.3 Å². The summed E-state index contributed by atoms with van der Waals surface area (Å²) >= 11 is 1.33. The van der Waals surface area contributed by atoms with Gasteiger partial charge < -0.3 is 15.4 Å². The molecule has 0 bridgehead atoms. The van der Waals surface area contributed by atoms with E-state index in [2.05, 4.69) is 40.9 Å². The molecule has 0 aliphatic rings. The number of carbonyl (C=O) groups is 2. The summed E-state index contributed by atoms with van der Waals surface area (Å²) < 4.78 is 32.2. The first kappa shape index (κ1) is 27.7. The third kappa shape index (κ3) is 9.17. The van der Waals surface area contributed by atoms with Gasteiger partial charge in [0.1, 0.15) is 10.8 Å². The number of carbonyl (C=O) groups excluding carboxylic acids is 2.